The van der Waals surface area contributed by atoms with Crippen LogP contribution in [0, 0.1) is 0 Å². The van der Waals surface area contributed by atoms with E-state index in [2.05, 4.69) is 0 Å². The van der Waals surface area contributed by atoms with Gasteiger partial charge in [-0.15, -0.1) is 0 Å². The van der Waals surface area contributed by atoms with Crippen LogP contribution in [0.15, 0.2) is 30.3 Å². The molecule has 0 amide bonds. The summed E-state index contributed by atoms with van der Waals surface area (Å²) in [5.74, 6) is 0. The predicted molar refractivity (Wildman–Crippen MR) is 76.9 cm³/mol. The molecule has 0 aliphatic heterocycles. The molecular formula is C14H6Cl3F5. The number of benzene rings is 2. The van der Waals surface area contributed by atoms with E-state index < -0.39 is 23.7 Å². The maximum Gasteiger partial charge on any atom is 0.416 e. The Morgan fingerprint density at radius 2 is 1.41 bits per heavy atom. The third kappa shape index (κ3) is 3.47. The van der Waals surface area contributed by atoms with Crippen LogP contribution in [0.25, 0.3) is 11.1 Å². The van der Waals surface area contributed by atoms with Gasteiger partial charge in [-0.2, -0.15) is 13.2 Å². The van der Waals surface area contributed by atoms with Gasteiger partial charge in [0.2, 0.25) is 0 Å². The molecule has 0 saturated heterocycles. The van der Waals surface area contributed by atoms with E-state index >= 15 is 0 Å². The van der Waals surface area contributed by atoms with Crippen LogP contribution >= 0.6 is 34.8 Å². The van der Waals surface area contributed by atoms with Gasteiger partial charge in [0.05, 0.1) is 15.6 Å². The van der Waals surface area contributed by atoms with Gasteiger partial charge >= 0.3 is 6.18 Å². The predicted octanol–water partition coefficient (Wildman–Crippen LogP) is 7.27. The Morgan fingerprint density at radius 3 is 1.86 bits per heavy atom. The summed E-state index contributed by atoms with van der Waals surface area (Å²) in [6.45, 7) is 0. The second-order valence-corrected chi connectivity index (χ2v) is 5.60. The lowest BCUT2D eigenvalue weighted by Crippen LogP contribution is -2.09. The average molecular weight is 376 g/mol. The number of hydrogen-bond donors (Lipinski definition) is 0. The molecule has 0 aliphatic rings. The first-order valence-electron chi connectivity index (χ1n) is 5.75. The molecule has 2 aromatic carbocycles. The van der Waals surface area contributed by atoms with Crippen molar-refractivity contribution in [2.75, 3.05) is 0 Å². The molecule has 2 aromatic rings. The molecule has 0 aromatic heterocycles. The Bertz CT molecular complexity index is 687. The SMILES string of the molecule is FC(F)c1ccc(-c2c(Cl)cc(Cl)cc2Cl)cc1C(F)(F)F. The molecule has 0 bridgehead atoms. The lowest BCUT2D eigenvalue weighted by atomic mass is 9.98. The maximum absolute atomic E-state index is 12.9. The van der Waals surface area contributed by atoms with E-state index in [9.17, 15) is 22.0 Å². The molecule has 0 spiro atoms. The zero-order valence-electron chi connectivity index (χ0n) is 10.5. The van der Waals surface area contributed by atoms with Gasteiger partial charge in [-0.05, 0) is 23.8 Å². The number of rotatable bonds is 2. The first-order valence-corrected chi connectivity index (χ1v) is 6.89. The molecule has 2 rings (SSSR count). The third-order valence-electron chi connectivity index (χ3n) is 2.89. The summed E-state index contributed by atoms with van der Waals surface area (Å²) in [5, 5.41) is 0.254. The van der Waals surface area contributed by atoms with Crippen LogP contribution in [-0.2, 0) is 6.18 Å². The van der Waals surface area contributed by atoms with E-state index in [-0.39, 0.29) is 26.2 Å². The van der Waals surface area contributed by atoms with Crippen molar-refractivity contribution in [3.63, 3.8) is 0 Å². The molecule has 0 aliphatic carbocycles. The van der Waals surface area contributed by atoms with Crippen LogP contribution in [0.5, 0.6) is 0 Å². The average Bonchev–Trinajstić information content (AvgIpc) is 2.36. The molecular weight excluding hydrogens is 370 g/mol. The second-order valence-electron chi connectivity index (χ2n) is 4.34. The molecule has 0 unspecified atom stereocenters. The van der Waals surface area contributed by atoms with E-state index in [0.29, 0.717) is 12.1 Å². The minimum atomic E-state index is -4.92. The van der Waals surface area contributed by atoms with E-state index in [1.54, 1.807) is 0 Å². The summed E-state index contributed by atoms with van der Waals surface area (Å²) in [7, 11) is 0. The van der Waals surface area contributed by atoms with Gasteiger partial charge in [0, 0.05) is 16.1 Å². The molecule has 8 heteroatoms. The van der Waals surface area contributed by atoms with Gasteiger partial charge in [-0.1, -0.05) is 46.9 Å². The zero-order valence-corrected chi connectivity index (χ0v) is 12.8. The fraction of sp³-hybridized carbons (Fsp3) is 0.143. The van der Waals surface area contributed by atoms with E-state index in [1.807, 2.05) is 0 Å². The van der Waals surface area contributed by atoms with Gasteiger partial charge in [-0.3, -0.25) is 0 Å². The Kier molecular flexibility index (Phi) is 4.90. The summed E-state index contributed by atoms with van der Waals surface area (Å²) in [6, 6.07) is 5.03. The Balaban J connectivity index is 2.69. The second kappa shape index (κ2) is 6.22. The Hall–Kier alpha value is -1.04. The smallest absolute Gasteiger partial charge is 0.205 e. The largest absolute Gasteiger partial charge is 0.416 e. The van der Waals surface area contributed by atoms with Crippen molar-refractivity contribution in [2.45, 2.75) is 12.6 Å². The minimum Gasteiger partial charge on any atom is -0.205 e. The van der Waals surface area contributed by atoms with E-state index in [1.165, 1.54) is 12.1 Å². The highest BCUT2D eigenvalue weighted by Gasteiger charge is 2.36. The topological polar surface area (TPSA) is 0 Å². The van der Waals surface area contributed by atoms with Crippen molar-refractivity contribution in [3.05, 3.63) is 56.5 Å². The van der Waals surface area contributed by atoms with Crippen LogP contribution in [-0.4, -0.2) is 0 Å². The van der Waals surface area contributed by atoms with Gasteiger partial charge in [0.15, 0.2) is 0 Å². The molecule has 22 heavy (non-hydrogen) atoms. The fourth-order valence-electron chi connectivity index (χ4n) is 1.97. The Labute approximate surface area is 137 Å². The van der Waals surface area contributed by atoms with Gasteiger partial charge in [-0.25, -0.2) is 8.78 Å². The summed E-state index contributed by atoms with van der Waals surface area (Å²) < 4.78 is 64.3. The molecule has 0 N–H and O–H groups in total. The van der Waals surface area contributed by atoms with Crippen molar-refractivity contribution in [1.82, 2.24) is 0 Å². The highest BCUT2D eigenvalue weighted by Crippen LogP contribution is 2.42. The summed E-state index contributed by atoms with van der Waals surface area (Å²) >= 11 is 17.6. The quantitative estimate of drug-likeness (QED) is 0.484. The number of halogens is 8. The molecule has 0 atom stereocenters. The maximum atomic E-state index is 12.9. The van der Waals surface area contributed by atoms with E-state index in [4.69, 9.17) is 34.8 Å². The third-order valence-corrected chi connectivity index (χ3v) is 3.70. The zero-order chi connectivity index (χ0) is 16.7. The summed E-state index contributed by atoms with van der Waals surface area (Å²) in [4.78, 5) is 0. The first-order chi connectivity index (χ1) is 10.1. The fourth-order valence-corrected chi connectivity index (χ4v) is 3.00. The monoisotopic (exact) mass is 374 g/mol. The number of alkyl halides is 5. The molecule has 0 saturated carbocycles. The van der Waals surface area contributed by atoms with Crippen LogP contribution in [0.1, 0.15) is 17.6 Å². The van der Waals surface area contributed by atoms with Gasteiger partial charge in [0.1, 0.15) is 0 Å². The molecule has 0 fully saturated rings. The Morgan fingerprint density at radius 1 is 0.864 bits per heavy atom. The highest BCUT2D eigenvalue weighted by atomic mass is 35.5. The van der Waals surface area contributed by atoms with Crippen LogP contribution in [0.2, 0.25) is 15.1 Å². The molecule has 0 radical (unpaired) electrons. The highest BCUT2D eigenvalue weighted by molar-refractivity contribution is 6.41. The molecule has 118 valence electrons. The minimum absolute atomic E-state index is 0.0235. The van der Waals surface area contributed by atoms with Crippen LogP contribution in [0.3, 0.4) is 0 Å². The van der Waals surface area contributed by atoms with Crippen molar-refractivity contribution in [3.8, 4) is 11.1 Å². The van der Waals surface area contributed by atoms with Crippen molar-refractivity contribution in [1.29, 1.82) is 0 Å². The lowest BCUT2D eigenvalue weighted by molar-refractivity contribution is -0.139. The van der Waals surface area contributed by atoms with Crippen LogP contribution < -0.4 is 0 Å². The standard InChI is InChI=1S/C14H6Cl3F5/c15-7-4-10(16)12(11(17)5-7)6-1-2-8(13(18)19)9(3-6)14(20,21)22/h1-5,13H. The van der Waals surface area contributed by atoms with Gasteiger partial charge in [0.25, 0.3) is 6.43 Å². The first kappa shape index (κ1) is 17.3. The molecule has 0 heterocycles. The van der Waals surface area contributed by atoms with Crippen molar-refractivity contribution < 1.29 is 22.0 Å². The number of hydrogen-bond acceptors (Lipinski definition) is 0. The summed E-state index contributed by atoms with van der Waals surface area (Å²) in [6.07, 6.45) is -8.17. The lowest BCUT2D eigenvalue weighted by Gasteiger charge is -2.15. The van der Waals surface area contributed by atoms with Crippen molar-refractivity contribution >= 4 is 34.8 Å². The molecule has 0 nitrogen and oxygen atoms in total. The van der Waals surface area contributed by atoms with E-state index in [0.717, 1.165) is 6.07 Å². The normalized spacial score (nSPS) is 12.0. The van der Waals surface area contributed by atoms with Crippen LogP contribution in [0.4, 0.5) is 22.0 Å². The summed E-state index contributed by atoms with van der Waals surface area (Å²) in [5.41, 5.74) is -2.46. The van der Waals surface area contributed by atoms with Crippen molar-refractivity contribution in [2.24, 2.45) is 0 Å². The van der Waals surface area contributed by atoms with Gasteiger partial charge < -0.3 is 0 Å².